The Morgan fingerprint density at radius 3 is 2.26 bits per heavy atom. The van der Waals surface area contributed by atoms with Gasteiger partial charge in [0.25, 0.3) is 0 Å². The van der Waals surface area contributed by atoms with Crippen molar-refractivity contribution in [3.8, 4) is 0 Å². The summed E-state index contributed by atoms with van der Waals surface area (Å²) < 4.78 is 0. The molecule has 1 aliphatic heterocycles. The van der Waals surface area contributed by atoms with Crippen LogP contribution in [0.2, 0.25) is 0 Å². The van der Waals surface area contributed by atoms with E-state index in [2.05, 4.69) is 10.2 Å². The molecule has 2 rings (SSSR count). The fraction of sp³-hybridized carbons (Fsp3) is 0.765. The van der Waals surface area contributed by atoms with E-state index < -0.39 is 5.97 Å². The Bertz CT molecular complexity index is 454. The van der Waals surface area contributed by atoms with Crippen molar-refractivity contribution < 1.29 is 14.7 Å². The number of hydrogen-bond acceptors (Lipinski definition) is 4. The van der Waals surface area contributed by atoms with Crippen LogP contribution in [0, 0.1) is 0 Å². The normalized spacial score (nSPS) is 30.5. The molecular formula is C17H29N3O3. The van der Waals surface area contributed by atoms with E-state index in [0.29, 0.717) is 12.0 Å². The van der Waals surface area contributed by atoms with Crippen LogP contribution in [0.3, 0.4) is 0 Å². The zero-order chi connectivity index (χ0) is 16.8. The maximum absolute atomic E-state index is 11.6. The summed E-state index contributed by atoms with van der Waals surface area (Å²) in [6.45, 7) is 3.34. The van der Waals surface area contributed by atoms with Crippen LogP contribution in [0.25, 0.3) is 0 Å². The predicted octanol–water partition coefficient (Wildman–Crippen LogP) is 1.26. The number of nitrogens with zero attached hydrogens (tertiary/aromatic N) is 1. The summed E-state index contributed by atoms with van der Waals surface area (Å²) in [5, 5.41) is 12.3. The monoisotopic (exact) mass is 323 g/mol. The van der Waals surface area contributed by atoms with Crippen molar-refractivity contribution in [1.82, 2.24) is 10.2 Å². The van der Waals surface area contributed by atoms with Gasteiger partial charge in [-0.2, -0.15) is 0 Å². The maximum Gasteiger partial charge on any atom is 0.331 e. The van der Waals surface area contributed by atoms with Gasteiger partial charge in [-0.15, -0.1) is 0 Å². The fourth-order valence-corrected chi connectivity index (χ4v) is 3.68. The zero-order valence-corrected chi connectivity index (χ0v) is 14.0. The molecule has 1 amide bonds. The topological polar surface area (TPSA) is 95.7 Å². The molecule has 3 atom stereocenters. The third-order valence-electron chi connectivity index (χ3n) is 4.86. The number of amides is 1. The van der Waals surface area contributed by atoms with Gasteiger partial charge in [0, 0.05) is 18.5 Å². The number of carbonyl (C=O) groups is 2. The molecule has 0 unspecified atom stereocenters. The van der Waals surface area contributed by atoms with Gasteiger partial charge >= 0.3 is 5.97 Å². The van der Waals surface area contributed by atoms with E-state index in [9.17, 15) is 14.7 Å². The first-order valence-corrected chi connectivity index (χ1v) is 8.69. The summed E-state index contributed by atoms with van der Waals surface area (Å²) in [6, 6.07) is -0.726. The Morgan fingerprint density at radius 1 is 1.17 bits per heavy atom. The molecular weight excluding hydrogens is 294 g/mol. The van der Waals surface area contributed by atoms with Crippen LogP contribution in [0.1, 0.15) is 51.9 Å². The largest absolute Gasteiger partial charge is 0.478 e. The summed E-state index contributed by atoms with van der Waals surface area (Å²) in [5.41, 5.74) is 6.57. The van der Waals surface area contributed by atoms with E-state index in [1.165, 1.54) is 32.6 Å². The molecule has 2 aliphatic rings. The Kier molecular flexibility index (Phi) is 6.59. The lowest BCUT2D eigenvalue weighted by molar-refractivity contribution is -0.133. The molecule has 6 nitrogen and oxygen atoms in total. The minimum Gasteiger partial charge on any atom is -0.478 e. The first-order valence-electron chi connectivity index (χ1n) is 8.69. The number of nitrogens with one attached hydrogen (secondary N) is 1. The Labute approximate surface area is 138 Å². The van der Waals surface area contributed by atoms with Gasteiger partial charge in [0.05, 0.1) is 12.1 Å². The highest BCUT2D eigenvalue weighted by Gasteiger charge is 2.36. The summed E-state index contributed by atoms with van der Waals surface area (Å²) >= 11 is 0. The number of hydrogen-bond donors (Lipinski definition) is 3. The molecule has 0 bridgehead atoms. The van der Waals surface area contributed by atoms with E-state index in [1.54, 1.807) is 0 Å². The second-order valence-electron chi connectivity index (χ2n) is 6.74. The third kappa shape index (κ3) is 5.04. The number of nitrogens with two attached hydrogens (primary N) is 1. The first-order chi connectivity index (χ1) is 11.0. The second-order valence-corrected chi connectivity index (χ2v) is 6.74. The van der Waals surface area contributed by atoms with E-state index in [-0.39, 0.29) is 24.0 Å². The minimum absolute atomic E-state index is 0.119. The van der Waals surface area contributed by atoms with Crippen molar-refractivity contribution in [2.24, 2.45) is 5.73 Å². The van der Waals surface area contributed by atoms with Crippen LogP contribution in [-0.2, 0) is 9.59 Å². The highest BCUT2D eigenvalue weighted by Crippen LogP contribution is 2.24. The van der Waals surface area contributed by atoms with Gasteiger partial charge in [0.1, 0.15) is 0 Å². The molecule has 0 aromatic heterocycles. The van der Waals surface area contributed by atoms with Gasteiger partial charge in [-0.05, 0) is 32.4 Å². The molecule has 6 heteroatoms. The zero-order valence-electron chi connectivity index (χ0n) is 14.0. The first kappa shape index (κ1) is 17.9. The molecule has 1 heterocycles. The Morgan fingerprint density at radius 2 is 1.74 bits per heavy atom. The van der Waals surface area contributed by atoms with E-state index in [0.717, 1.165) is 25.9 Å². The lowest BCUT2D eigenvalue weighted by atomic mass is 9.85. The Hall–Kier alpha value is -1.40. The summed E-state index contributed by atoms with van der Waals surface area (Å²) in [4.78, 5) is 25.3. The van der Waals surface area contributed by atoms with Crippen molar-refractivity contribution in [3.05, 3.63) is 11.6 Å². The van der Waals surface area contributed by atoms with Gasteiger partial charge in [-0.25, -0.2) is 4.79 Å². The average Bonchev–Trinajstić information content (AvgIpc) is 2.62. The van der Waals surface area contributed by atoms with E-state index >= 15 is 0 Å². The molecule has 1 saturated heterocycles. The second kappa shape index (κ2) is 8.45. The summed E-state index contributed by atoms with van der Waals surface area (Å²) in [5.74, 6) is -1.03. The SMILES string of the molecule is CC(=O)N[C@H]1[C@H](N2CCCCCCCC2)C=C(C(=O)O)C[C@@H]1N. The fourth-order valence-electron chi connectivity index (χ4n) is 3.68. The average molecular weight is 323 g/mol. The summed E-state index contributed by atoms with van der Waals surface area (Å²) in [6.07, 6.45) is 9.26. The third-order valence-corrected chi connectivity index (χ3v) is 4.86. The van der Waals surface area contributed by atoms with Crippen LogP contribution in [0.15, 0.2) is 11.6 Å². The number of rotatable bonds is 3. The number of aliphatic carboxylic acids is 1. The van der Waals surface area contributed by atoms with Crippen LogP contribution in [0.4, 0.5) is 0 Å². The molecule has 0 aromatic carbocycles. The van der Waals surface area contributed by atoms with Crippen molar-refractivity contribution in [2.45, 2.75) is 70.0 Å². The maximum atomic E-state index is 11.6. The lowest BCUT2D eigenvalue weighted by Crippen LogP contribution is -2.61. The molecule has 4 N–H and O–H groups in total. The van der Waals surface area contributed by atoms with Crippen LogP contribution in [-0.4, -0.2) is 53.1 Å². The smallest absolute Gasteiger partial charge is 0.331 e. The number of carbonyl (C=O) groups excluding carboxylic acids is 1. The van der Waals surface area contributed by atoms with Crippen LogP contribution >= 0.6 is 0 Å². The van der Waals surface area contributed by atoms with Crippen molar-refractivity contribution >= 4 is 11.9 Å². The van der Waals surface area contributed by atoms with Gasteiger partial charge in [-0.1, -0.05) is 31.8 Å². The lowest BCUT2D eigenvalue weighted by Gasteiger charge is -2.41. The highest BCUT2D eigenvalue weighted by atomic mass is 16.4. The molecule has 0 saturated carbocycles. The van der Waals surface area contributed by atoms with Crippen molar-refractivity contribution in [1.29, 1.82) is 0 Å². The van der Waals surface area contributed by atoms with Gasteiger partial charge in [-0.3, -0.25) is 9.69 Å². The van der Waals surface area contributed by atoms with Crippen molar-refractivity contribution in [2.75, 3.05) is 13.1 Å². The van der Waals surface area contributed by atoms with Gasteiger partial charge in [0.2, 0.25) is 5.91 Å². The Balaban J connectivity index is 2.23. The van der Waals surface area contributed by atoms with Gasteiger partial charge in [0.15, 0.2) is 0 Å². The molecule has 0 spiro atoms. The number of carboxylic acids is 1. The van der Waals surface area contributed by atoms with Crippen molar-refractivity contribution in [3.63, 3.8) is 0 Å². The molecule has 0 radical (unpaired) electrons. The number of carboxylic acid groups (broad SMARTS) is 1. The van der Waals surface area contributed by atoms with Crippen LogP contribution in [0.5, 0.6) is 0 Å². The van der Waals surface area contributed by atoms with Crippen LogP contribution < -0.4 is 11.1 Å². The predicted molar refractivity (Wildman–Crippen MR) is 89.0 cm³/mol. The standard InChI is InChI=1S/C17H29N3O3/c1-12(21)19-16-14(18)10-13(17(22)23)11-15(16)20-8-6-4-2-3-5-7-9-20/h11,14-16H,2-10,18H2,1H3,(H,19,21)(H,22,23)/t14-,15+,16+/m0/s1. The molecule has 0 aromatic rings. The highest BCUT2D eigenvalue weighted by molar-refractivity contribution is 5.87. The quantitative estimate of drug-likeness (QED) is 0.726. The molecule has 1 aliphatic carbocycles. The van der Waals surface area contributed by atoms with E-state index in [1.807, 2.05) is 6.08 Å². The molecule has 1 fully saturated rings. The van der Waals surface area contributed by atoms with Gasteiger partial charge < -0.3 is 16.2 Å². The minimum atomic E-state index is -0.906. The van der Waals surface area contributed by atoms with E-state index in [4.69, 9.17) is 5.73 Å². The summed E-state index contributed by atoms with van der Waals surface area (Å²) in [7, 11) is 0. The molecule has 130 valence electrons. The molecule has 23 heavy (non-hydrogen) atoms.